The average Bonchev–Trinajstić information content (AvgIpc) is 2.23. The monoisotopic (exact) mass is 238 g/mol. The third-order valence-corrected chi connectivity index (χ3v) is 2.53. The van der Waals surface area contributed by atoms with Crippen molar-refractivity contribution in [1.29, 1.82) is 0 Å². The van der Waals surface area contributed by atoms with Crippen LogP contribution < -0.4 is 0 Å². The summed E-state index contributed by atoms with van der Waals surface area (Å²) in [6, 6.07) is 0. The molecule has 0 heterocycles. The highest BCUT2D eigenvalue weighted by atomic mass is 16.5. The smallest absolute Gasteiger partial charge is 0.310 e. The van der Waals surface area contributed by atoms with E-state index in [2.05, 4.69) is 32.6 Å². The van der Waals surface area contributed by atoms with Gasteiger partial charge in [0, 0.05) is 0 Å². The molecule has 98 valence electrons. The van der Waals surface area contributed by atoms with Gasteiger partial charge in [-0.05, 0) is 43.8 Å². The average molecular weight is 238 g/mol. The summed E-state index contributed by atoms with van der Waals surface area (Å²) in [4.78, 5) is 11.2. The molecule has 1 atom stereocenters. The third kappa shape index (κ3) is 9.89. The highest BCUT2D eigenvalue weighted by molar-refractivity contribution is 5.72. The Morgan fingerprint density at radius 3 is 2.47 bits per heavy atom. The fourth-order valence-electron chi connectivity index (χ4n) is 1.44. The molecule has 0 aliphatic heterocycles. The fraction of sp³-hybridized carbons (Fsp3) is 0.733. The molecule has 0 spiro atoms. The van der Waals surface area contributed by atoms with Gasteiger partial charge in [0.2, 0.25) is 0 Å². The van der Waals surface area contributed by atoms with Gasteiger partial charge in [-0.3, -0.25) is 4.79 Å². The van der Waals surface area contributed by atoms with E-state index in [1.165, 1.54) is 12.8 Å². The molecule has 2 nitrogen and oxygen atoms in total. The van der Waals surface area contributed by atoms with Crippen molar-refractivity contribution in [2.24, 2.45) is 11.8 Å². The SMILES string of the molecule is CCOC(=O)CC(C)=C=CC(C)CCC(C)C. The highest BCUT2D eigenvalue weighted by Crippen LogP contribution is 2.12. The first-order chi connectivity index (χ1) is 7.95. The summed E-state index contributed by atoms with van der Waals surface area (Å²) in [5.41, 5.74) is 4.13. The van der Waals surface area contributed by atoms with Crippen molar-refractivity contribution in [3.05, 3.63) is 17.4 Å². The maximum Gasteiger partial charge on any atom is 0.310 e. The minimum Gasteiger partial charge on any atom is -0.466 e. The van der Waals surface area contributed by atoms with Crippen molar-refractivity contribution >= 4 is 5.97 Å². The summed E-state index contributed by atoms with van der Waals surface area (Å²) in [6.07, 6.45) is 4.83. The van der Waals surface area contributed by atoms with Gasteiger partial charge in [0.1, 0.15) is 0 Å². The van der Waals surface area contributed by atoms with E-state index in [1.807, 2.05) is 13.8 Å². The summed E-state index contributed by atoms with van der Waals surface area (Å²) in [5.74, 6) is 1.10. The molecule has 0 fully saturated rings. The minimum atomic E-state index is -0.166. The van der Waals surface area contributed by atoms with Crippen LogP contribution in [-0.4, -0.2) is 12.6 Å². The molecule has 0 aliphatic rings. The lowest BCUT2D eigenvalue weighted by molar-refractivity contribution is -0.142. The lowest BCUT2D eigenvalue weighted by Gasteiger charge is -2.07. The number of hydrogen-bond donors (Lipinski definition) is 0. The van der Waals surface area contributed by atoms with Crippen LogP contribution in [0.2, 0.25) is 0 Å². The summed E-state index contributed by atoms with van der Waals surface area (Å²) < 4.78 is 4.88. The van der Waals surface area contributed by atoms with Gasteiger partial charge < -0.3 is 4.74 Å². The van der Waals surface area contributed by atoms with Gasteiger partial charge in [-0.25, -0.2) is 0 Å². The second-order valence-corrected chi connectivity index (χ2v) is 5.02. The van der Waals surface area contributed by atoms with E-state index in [-0.39, 0.29) is 5.97 Å². The third-order valence-electron chi connectivity index (χ3n) is 2.53. The zero-order valence-corrected chi connectivity index (χ0v) is 11.9. The number of carbonyl (C=O) groups is 1. The second-order valence-electron chi connectivity index (χ2n) is 5.02. The van der Waals surface area contributed by atoms with E-state index < -0.39 is 0 Å². The lowest BCUT2D eigenvalue weighted by atomic mass is 9.99. The number of esters is 1. The van der Waals surface area contributed by atoms with Crippen molar-refractivity contribution in [2.75, 3.05) is 6.61 Å². The van der Waals surface area contributed by atoms with Gasteiger partial charge in [0.05, 0.1) is 13.0 Å². The van der Waals surface area contributed by atoms with E-state index in [4.69, 9.17) is 4.74 Å². The molecular formula is C15H26O2. The van der Waals surface area contributed by atoms with Crippen LogP contribution in [0.3, 0.4) is 0 Å². The van der Waals surface area contributed by atoms with Gasteiger partial charge in [0.25, 0.3) is 0 Å². The molecule has 0 bridgehead atoms. The highest BCUT2D eigenvalue weighted by Gasteiger charge is 2.02. The molecule has 0 radical (unpaired) electrons. The van der Waals surface area contributed by atoms with Crippen LogP contribution in [0.5, 0.6) is 0 Å². The van der Waals surface area contributed by atoms with E-state index in [9.17, 15) is 4.79 Å². The normalized spacial score (nSPS) is 11.9. The molecule has 0 aromatic carbocycles. The quantitative estimate of drug-likeness (QED) is 0.493. The lowest BCUT2D eigenvalue weighted by Crippen LogP contribution is -2.03. The molecule has 0 aromatic heterocycles. The Balaban J connectivity index is 4.12. The van der Waals surface area contributed by atoms with Gasteiger partial charge in [-0.15, -0.1) is 5.73 Å². The number of rotatable bonds is 7. The van der Waals surface area contributed by atoms with Crippen molar-refractivity contribution < 1.29 is 9.53 Å². The van der Waals surface area contributed by atoms with Crippen molar-refractivity contribution in [1.82, 2.24) is 0 Å². The molecule has 17 heavy (non-hydrogen) atoms. The van der Waals surface area contributed by atoms with E-state index >= 15 is 0 Å². The van der Waals surface area contributed by atoms with Gasteiger partial charge in [-0.1, -0.05) is 27.2 Å². The first-order valence-corrected chi connectivity index (χ1v) is 6.53. The summed E-state index contributed by atoms with van der Waals surface area (Å²) in [5, 5.41) is 0. The number of hydrogen-bond acceptors (Lipinski definition) is 2. The molecule has 0 saturated carbocycles. The summed E-state index contributed by atoms with van der Waals surface area (Å²) in [6.45, 7) is 10.8. The Kier molecular flexibility index (Phi) is 8.53. The predicted molar refractivity (Wildman–Crippen MR) is 71.8 cm³/mol. The van der Waals surface area contributed by atoms with E-state index in [0.29, 0.717) is 18.9 Å². The minimum absolute atomic E-state index is 0.166. The Bertz CT molecular complexity index is 283. The zero-order chi connectivity index (χ0) is 13.3. The molecule has 1 unspecified atom stereocenters. The van der Waals surface area contributed by atoms with Crippen LogP contribution in [0.4, 0.5) is 0 Å². The molecule has 0 aliphatic carbocycles. The molecule has 0 saturated heterocycles. The van der Waals surface area contributed by atoms with Gasteiger partial charge >= 0.3 is 5.97 Å². The molecule has 0 rings (SSSR count). The van der Waals surface area contributed by atoms with Crippen LogP contribution >= 0.6 is 0 Å². The van der Waals surface area contributed by atoms with Crippen molar-refractivity contribution in [3.8, 4) is 0 Å². The Morgan fingerprint density at radius 2 is 1.94 bits per heavy atom. The summed E-state index contributed by atoms with van der Waals surface area (Å²) in [7, 11) is 0. The van der Waals surface area contributed by atoms with Crippen LogP contribution in [0.15, 0.2) is 17.4 Å². The first-order valence-electron chi connectivity index (χ1n) is 6.53. The van der Waals surface area contributed by atoms with E-state index in [0.717, 1.165) is 11.5 Å². The topological polar surface area (TPSA) is 26.3 Å². The number of carbonyl (C=O) groups excluding carboxylic acids is 1. The molecular weight excluding hydrogens is 212 g/mol. The maximum atomic E-state index is 11.2. The second kappa shape index (κ2) is 9.07. The predicted octanol–water partition coefficient (Wildman–Crippen LogP) is 4.11. The van der Waals surface area contributed by atoms with Gasteiger partial charge in [-0.2, -0.15) is 0 Å². The van der Waals surface area contributed by atoms with Crippen molar-refractivity contribution in [3.63, 3.8) is 0 Å². The molecule has 0 aromatic rings. The number of ether oxygens (including phenoxy) is 1. The Labute approximate surface area is 106 Å². The largest absolute Gasteiger partial charge is 0.466 e. The standard InChI is InChI=1S/C15H26O2/c1-6-17-15(16)11-14(5)10-9-13(4)8-7-12(2)3/h9,12-13H,6-8,11H2,1-5H3. The van der Waals surface area contributed by atoms with Gasteiger partial charge in [0.15, 0.2) is 0 Å². The zero-order valence-electron chi connectivity index (χ0n) is 11.9. The fourth-order valence-corrected chi connectivity index (χ4v) is 1.44. The van der Waals surface area contributed by atoms with Crippen LogP contribution in [0.25, 0.3) is 0 Å². The van der Waals surface area contributed by atoms with Crippen LogP contribution in [0, 0.1) is 11.8 Å². The molecule has 0 N–H and O–H groups in total. The maximum absolute atomic E-state index is 11.2. The Hall–Kier alpha value is -1.01. The van der Waals surface area contributed by atoms with E-state index in [1.54, 1.807) is 0 Å². The van der Waals surface area contributed by atoms with Crippen LogP contribution in [0.1, 0.15) is 53.9 Å². The summed E-state index contributed by atoms with van der Waals surface area (Å²) >= 11 is 0. The molecule has 0 amide bonds. The first kappa shape index (κ1) is 16.0. The van der Waals surface area contributed by atoms with Crippen molar-refractivity contribution in [2.45, 2.75) is 53.9 Å². The Morgan fingerprint density at radius 1 is 1.29 bits per heavy atom. The molecule has 2 heteroatoms. The van der Waals surface area contributed by atoms with Crippen LogP contribution in [-0.2, 0) is 9.53 Å².